The molecule has 0 aliphatic rings. The topological polar surface area (TPSA) is 54.4 Å². The van der Waals surface area contributed by atoms with Crippen molar-refractivity contribution in [2.75, 3.05) is 0 Å². The van der Waals surface area contributed by atoms with Crippen LogP contribution in [0.5, 0.6) is 0 Å². The SMILES string of the molecule is CC(=O)c1c(F)ccc(F)c1C(=O)O. The van der Waals surface area contributed by atoms with Gasteiger partial charge in [-0.3, -0.25) is 4.79 Å². The summed E-state index contributed by atoms with van der Waals surface area (Å²) >= 11 is 0. The van der Waals surface area contributed by atoms with Crippen LogP contribution in [0.4, 0.5) is 8.78 Å². The second kappa shape index (κ2) is 3.53. The second-order valence-corrected chi connectivity index (χ2v) is 2.64. The van der Waals surface area contributed by atoms with Crippen LogP contribution in [-0.4, -0.2) is 16.9 Å². The molecule has 74 valence electrons. The molecule has 1 N–H and O–H groups in total. The molecule has 0 unspecified atom stereocenters. The quantitative estimate of drug-likeness (QED) is 0.741. The molecule has 0 bridgehead atoms. The van der Waals surface area contributed by atoms with Crippen molar-refractivity contribution < 1.29 is 23.5 Å². The first-order chi connectivity index (χ1) is 6.45. The minimum absolute atomic E-state index is 0.672. The summed E-state index contributed by atoms with van der Waals surface area (Å²) in [7, 11) is 0. The molecular weight excluding hydrogens is 194 g/mol. The monoisotopic (exact) mass is 200 g/mol. The number of carboxylic acids is 1. The van der Waals surface area contributed by atoms with Gasteiger partial charge in [0, 0.05) is 0 Å². The third-order valence-electron chi connectivity index (χ3n) is 1.67. The van der Waals surface area contributed by atoms with Gasteiger partial charge in [0.1, 0.15) is 17.2 Å². The van der Waals surface area contributed by atoms with Crippen LogP contribution >= 0.6 is 0 Å². The van der Waals surface area contributed by atoms with E-state index in [0.29, 0.717) is 6.07 Å². The van der Waals surface area contributed by atoms with Gasteiger partial charge >= 0.3 is 5.97 Å². The number of aromatic carboxylic acids is 1. The number of benzene rings is 1. The largest absolute Gasteiger partial charge is 0.478 e. The Morgan fingerprint density at radius 1 is 1.14 bits per heavy atom. The lowest BCUT2D eigenvalue weighted by atomic mass is 10.0. The number of rotatable bonds is 2. The lowest BCUT2D eigenvalue weighted by Gasteiger charge is -2.04. The molecule has 0 aromatic heterocycles. The van der Waals surface area contributed by atoms with E-state index in [4.69, 9.17) is 5.11 Å². The molecule has 1 aromatic carbocycles. The highest BCUT2D eigenvalue weighted by Gasteiger charge is 2.22. The van der Waals surface area contributed by atoms with Gasteiger partial charge in [-0.25, -0.2) is 13.6 Å². The maximum absolute atomic E-state index is 13.0. The van der Waals surface area contributed by atoms with Gasteiger partial charge in [0.05, 0.1) is 5.56 Å². The smallest absolute Gasteiger partial charge is 0.339 e. The Kier molecular flexibility index (Phi) is 2.60. The minimum Gasteiger partial charge on any atom is -0.478 e. The number of ketones is 1. The average Bonchev–Trinajstić information content (AvgIpc) is 2.07. The number of halogens is 2. The molecule has 0 heterocycles. The summed E-state index contributed by atoms with van der Waals surface area (Å²) in [5.41, 5.74) is -1.64. The molecule has 3 nitrogen and oxygen atoms in total. The van der Waals surface area contributed by atoms with Gasteiger partial charge in [0.15, 0.2) is 5.78 Å². The zero-order chi connectivity index (χ0) is 10.9. The van der Waals surface area contributed by atoms with Gasteiger partial charge in [-0.2, -0.15) is 0 Å². The van der Waals surface area contributed by atoms with Crippen LogP contribution in [0.2, 0.25) is 0 Å². The summed E-state index contributed by atoms with van der Waals surface area (Å²) in [5, 5.41) is 8.56. The van der Waals surface area contributed by atoms with Gasteiger partial charge in [-0.1, -0.05) is 0 Å². The fourth-order valence-electron chi connectivity index (χ4n) is 1.11. The molecule has 0 radical (unpaired) electrons. The summed E-state index contributed by atoms with van der Waals surface area (Å²) in [5.74, 6) is -4.63. The van der Waals surface area contributed by atoms with Crippen LogP contribution in [0.3, 0.4) is 0 Å². The molecule has 0 spiro atoms. The maximum atomic E-state index is 13.0. The molecule has 0 saturated heterocycles. The number of carbonyl (C=O) groups excluding carboxylic acids is 1. The molecule has 14 heavy (non-hydrogen) atoms. The Labute approximate surface area is 78.0 Å². The number of carboxylic acid groups (broad SMARTS) is 1. The van der Waals surface area contributed by atoms with E-state index in [0.717, 1.165) is 13.0 Å². The first-order valence-electron chi connectivity index (χ1n) is 3.67. The molecule has 0 saturated carbocycles. The van der Waals surface area contributed by atoms with Crippen molar-refractivity contribution in [2.24, 2.45) is 0 Å². The molecule has 0 fully saturated rings. The van der Waals surface area contributed by atoms with Crippen molar-refractivity contribution in [1.29, 1.82) is 0 Å². The predicted octanol–water partition coefficient (Wildman–Crippen LogP) is 1.87. The molecule has 0 aliphatic carbocycles. The predicted molar refractivity (Wildman–Crippen MR) is 43.3 cm³/mol. The molecule has 0 aliphatic heterocycles. The van der Waals surface area contributed by atoms with Gasteiger partial charge in [-0.05, 0) is 19.1 Å². The van der Waals surface area contributed by atoms with E-state index in [9.17, 15) is 18.4 Å². The Morgan fingerprint density at radius 2 is 1.57 bits per heavy atom. The van der Waals surface area contributed by atoms with E-state index in [1.165, 1.54) is 0 Å². The standard InChI is InChI=1S/C9H6F2O3/c1-4(12)7-5(10)2-3-6(11)8(7)9(13)14/h2-3H,1H3,(H,13,14). The third-order valence-corrected chi connectivity index (χ3v) is 1.67. The normalized spacial score (nSPS) is 9.93. The lowest BCUT2D eigenvalue weighted by Crippen LogP contribution is -2.11. The maximum Gasteiger partial charge on any atom is 0.339 e. The fraction of sp³-hybridized carbons (Fsp3) is 0.111. The van der Waals surface area contributed by atoms with Crippen LogP contribution in [0.15, 0.2) is 12.1 Å². The summed E-state index contributed by atoms with van der Waals surface area (Å²) in [6, 6.07) is 1.39. The molecule has 1 rings (SSSR count). The van der Waals surface area contributed by atoms with E-state index in [1.807, 2.05) is 0 Å². The van der Waals surface area contributed by atoms with E-state index in [1.54, 1.807) is 0 Å². The molecular formula is C9H6F2O3. The first kappa shape index (κ1) is 10.3. The van der Waals surface area contributed by atoms with Gasteiger partial charge < -0.3 is 5.11 Å². The highest BCUT2D eigenvalue weighted by atomic mass is 19.1. The van der Waals surface area contributed by atoms with E-state index < -0.39 is 34.5 Å². The van der Waals surface area contributed by atoms with Gasteiger partial charge in [-0.15, -0.1) is 0 Å². The molecule has 0 amide bonds. The Hall–Kier alpha value is -1.78. The van der Waals surface area contributed by atoms with Crippen LogP contribution in [0, 0.1) is 11.6 Å². The lowest BCUT2D eigenvalue weighted by molar-refractivity contribution is 0.0686. The van der Waals surface area contributed by atoms with Gasteiger partial charge in [0.2, 0.25) is 0 Å². The molecule has 0 atom stereocenters. The van der Waals surface area contributed by atoms with Crippen molar-refractivity contribution in [3.63, 3.8) is 0 Å². The Morgan fingerprint density at radius 3 is 1.86 bits per heavy atom. The molecule has 1 aromatic rings. The van der Waals surface area contributed by atoms with E-state index in [-0.39, 0.29) is 0 Å². The number of carbonyl (C=O) groups is 2. The van der Waals surface area contributed by atoms with E-state index >= 15 is 0 Å². The van der Waals surface area contributed by atoms with Crippen molar-refractivity contribution in [2.45, 2.75) is 6.92 Å². The van der Waals surface area contributed by atoms with Crippen LogP contribution in [-0.2, 0) is 0 Å². The highest BCUT2D eigenvalue weighted by Crippen LogP contribution is 2.18. The van der Waals surface area contributed by atoms with Gasteiger partial charge in [0.25, 0.3) is 0 Å². The van der Waals surface area contributed by atoms with Crippen molar-refractivity contribution >= 4 is 11.8 Å². The second-order valence-electron chi connectivity index (χ2n) is 2.64. The minimum atomic E-state index is -1.66. The van der Waals surface area contributed by atoms with E-state index in [2.05, 4.69) is 0 Å². The summed E-state index contributed by atoms with van der Waals surface area (Å²) < 4.78 is 25.9. The summed E-state index contributed by atoms with van der Waals surface area (Å²) in [6.07, 6.45) is 0. The summed E-state index contributed by atoms with van der Waals surface area (Å²) in [4.78, 5) is 21.4. The van der Waals surface area contributed by atoms with Crippen molar-refractivity contribution in [1.82, 2.24) is 0 Å². The van der Waals surface area contributed by atoms with Crippen molar-refractivity contribution in [3.8, 4) is 0 Å². The van der Waals surface area contributed by atoms with Crippen LogP contribution < -0.4 is 0 Å². The average molecular weight is 200 g/mol. The summed E-state index contributed by atoms with van der Waals surface area (Å²) in [6.45, 7) is 0.976. The zero-order valence-electron chi connectivity index (χ0n) is 7.17. The van der Waals surface area contributed by atoms with Crippen LogP contribution in [0.25, 0.3) is 0 Å². The fourth-order valence-corrected chi connectivity index (χ4v) is 1.11. The number of hydrogen-bond donors (Lipinski definition) is 1. The third kappa shape index (κ3) is 1.61. The molecule has 5 heteroatoms. The Bertz CT molecular complexity index is 374. The van der Waals surface area contributed by atoms with Crippen molar-refractivity contribution in [3.05, 3.63) is 34.9 Å². The number of Topliss-reactive ketones (excluding diaryl/α,β-unsaturated/α-hetero) is 1. The number of hydrogen-bond acceptors (Lipinski definition) is 2. The van der Waals surface area contributed by atoms with Crippen LogP contribution in [0.1, 0.15) is 27.6 Å². The Balaban J connectivity index is 3.58. The first-order valence-corrected chi connectivity index (χ1v) is 3.67. The highest BCUT2D eigenvalue weighted by molar-refractivity contribution is 6.05. The zero-order valence-corrected chi connectivity index (χ0v) is 7.17.